The van der Waals surface area contributed by atoms with E-state index in [0.717, 1.165) is 42.7 Å². The van der Waals surface area contributed by atoms with Gasteiger partial charge in [0.05, 0.1) is 11.1 Å². The van der Waals surface area contributed by atoms with E-state index in [4.69, 9.17) is 4.74 Å². The second-order valence-corrected chi connectivity index (χ2v) is 7.47. The van der Waals surface area contributed by atoms with Gasteiger partial charge in [0.2, 0.25) is 0 Å². The van der Waals surface area contributed by atoms with Crippen LogP contribution in [0.1, 0.15) is 25.3 Å². The van der Waals surface area contributed by atoms with Crippen LogP contribution in [0.2, 0.25) is 0 Å². The number of aryl methyl sites for hydroxylation is 1. The summed E-state index contributed by atoms with van der Waals surface area (Å²) in [5, 5.41) is 0.671. The predicted molar refractivity (Wildman–Crippen MR) is 105 cm³/mol. The summed E-state index contributed by atoms with van der Waals surface area (Å²) in [5.41, 5.74) is 4.26. The Bertz CT molecular complexity index is 938. The highest BCUT2D eigenvalue weighted by molar-refractivity contribution is 5.85. The molecule has 1 aliphatic heterocycles. The Hall–Kier alpha value is -2.33. The number of piperidine rings is 1. The lowest BCUT2D eigenvalue weighted by Crippen LogP contribution is -2.43. The maximum atomic E-state index is 14.1. The summed E-state index contributed by atoms with van der Waals surface area (Å²) >= 11 is 0. The molecule has 1 aliphatic rings. The fourth-order valence-corrected chi connectivity index (χ4v) is 3.89. The van der Waals surface area contributed by atoms with Gasteiger partial charge in [-0.3, -0.25) is 0 Å². The first-order valence-corrected chi connectivity index (χ1v) is 9.17. The van der Waals surface area contributed by atoms with Gasteiger partial charge in [0, 0.05) is 43.2 Å². The monoisotopic (exact) mass is 352 g/mol. The topological polar surface area (TPSA) is 17.4 Å². The van der Waals surface area contributed by atoms with Gasteiger partial charge in [-0.1, -0.05) is 12.1 Å². The Morgan fingerprint density at radius 2 is 1.77 bits per heavy atom. The summed E-state index contributed by atoms with van der Waals surface area (Å²) in [6.45, 7) is 6.17. The number of halogens is 1. The van der Waals surface area contributed by atoms with Crippen molar-refractivity contribution in [3.63, 3.8) is 0 Å². The molecule has 0 saturated carbocycles. The van der Waals surface area contributed by atoms with E-state index in [9.17, 15) is 4.39 Å². The summed E-state index contributed by atoms with van der Waals surface area (Å²) in [6, 6.07) is 13.7. The molecule has 0 N–H and O–H groups in total. The molecule has 0 radical (unpaired) electrons. The third kappa shape index (κ3) is 2.88. The third-order valence-corrected chi connectivity index (χ3v) is 5.78. The summed E-state index contributed by atoms with van der Waals surface area (Å²) in [6.07, 6.45) is 3.99. The Balaban J connectivity index is 1.68. The van der Waals surface area contributed by atoms with E-state index < -0.39 is 0 Å². The lowest BCUT2D eigenvalue weighted by molar-refractivity contribution is -0.0132. The average Bonchev–Trinajstić information content (AvgIpc) is 3.12. The van der Waals surface area contributed by atoms with Crippen molar-refractivity contribution in [2.75, 3.05) is 25.1 Å². The van der Waals surface area contributed by atoms with Crippen molar-refractivity contribution in [1.82, 2.24) is 4.57 Å². The van der Waals surface area contributed by atoms with Crippen LogP contribution in [0.5, 0.6) is 0 Å². The minimum absolute atomic E-state index is 0.0145. The second kappa shape index (κ2) is 6.44. The number of nitrogens with zero attached hydrogens (tertiary/aromatic N) is 2. The van der Waals surface area contributed by atoms with E-state index in [0.29, 0.717) is 5.39 Å². The van der Waals surface area contributed by atoms with Crippen LogP contribution in [0, 0.1) is 12.7 Å². The van der Waals surface area contributed by atoms with Gasteiger partial charge in [-0.15, -0.1) is 0 Å². The van der Waals surface area contributed by atoms with E-state index in [2.05, 4.69) is 40.7 Å². The molecular formula is C22H25FN2O. The van der Waals surface area contributed by atoms with E-state index in [1.54, 1.807) is 13.2 Å². The molecule has 0 atom stereocenters. The van der Waals surface area contributed by atoms with Crippen molar-refractivity contribution in [1.29, 1.82) is 0 Å². The van der Waals surface area contributed by atoms with Gasteiger partial charge < -0.3 is 14.2 Å². The predicted octanol–water partition coefficient (Wildman–Crippen LogP) is 5.08. The van der Waals surface area contributed by atoms with Crippen LogP contribution in [0.15, 0.2) is 48.7 Å². The number of benzene rings is 2. The van der Waals surface area contributed by atoms with Gasteiger partial charge >= 0.3 is 0 Å². The van der Waals surface area contributed by atoms with Gasteiger partial charge in [-0.25, -0.2) is 4.39 Å². The Morgan fingerprint density at radius 3 is 2.50 bits per heavy atom. The van der Waals surface area contributed by atoms with Crippen molar-refractivity contribution in [3.05, 3.63) is 60.0 Å². The van der Waals surface area contributed by atoms with E-state index in [1.807, 2.05) is 25.3 Å². The number of methoxy groups -OCH3 is 1. The molecule has 4 rings (SSSR count). The highest BCUT2D eigenvalue weighted by atomic mass is 19.1. The third-order valence-electron chi connectivity index (χ3n) is 5.78. The standard InChI is InChI=1S/C22H25FN2O/c1-16-7-8-20(23)19-9-12-25(21(16)19)18-6-4-5-17(15-18)24-13-10-22(2,26-3)11-14-24/h4-9,12,15H,10-11,13-14H2,1-3H3. The van der Waals surface area contributed by atoms with E-state index in [1.165, 1.54) is 5.69 Å². The van der Waals surface area contributed by atoms with Crippen molar-refractivity contribution in [2.24, 2.45) is 0 Å². The number of hydrogen-bond donors (Lipinski definition) is 0. The highest BCUT2D eigenvalue weighted by Crippen LogP contribution is 2.31. The fourth-order valence-electron chi connectivity index (χ4n) is 3.89. The second-order valence-electron chi connectivity index (χ2n) is 7.47. The zero-order valence-corrected chi connectivity index (χ0v) is 15.6. The number of hydrogen-bond acceptors (Lipinski definition) is 2. The SMILES string of the molecule is COC1(C)CCN(c2cccc(-n3ccc4c(F)ccc(C)c43)c2)CC1. The molecule has 0 spiro atoms. The zero-order valence-electron chi connectivity index (χ0n) is 15.6. The van der Waals surface area contributed by atoms with Crippen LogP contribution >= 0.6 is 0 Å². The summed E-state index contributed by atoms with van der Waals surface area (Å²) < 4.78 is 21.9. The van der Waals surface area contributed by atoms with E-state index >= 15 is 0 Å². The van der Waals surface area contributed by atoms with Crippen LogP contribution in [-0.4, -0.2) is 30.4 Å². The van der Waals surface area contributed by atoms with Crippen LogP contribution in [0.25, 0.3) is 16.6 Å². The first kappa shape index (κ1) is 17.1. The molecule has 3 aromatic rings. The molecule has 136 valence electrons. The van der Waals surface area contributed by atoms with Crippen molar-refractivity contribution >= 4 is 16.6 Å². The van der Waals surface area contributed by atoms with Crippen LogP contribution in [0.4, 0.5) is 10.1 Å². The molecule has 0 unspecified atom stereocenters. The Labute approximate surface area is 154 Å². The first-order chi connectivity index (χ1) is 12.5. The number of fused-ring (bicyclic) bond motifs is 1. The lowest BCUT2D eigenvalue weighted by Gasteiger charge is -2.39. The van der Waals surface area contributed by atoms with Crippen molar-refractivity contribution in [3.8, 4) is 5.69 Å². The van der Waals surface area contributed by atoms with Gasteiger partial charge in [0.1, 0.15) is 5.82 Å². The molecule has 4 heteroatoms. The van der Waals surface area contributed by atoms with Crippen LogP contribution < -0.4 is 4.90 Å². The minimum Gasteiger partial charge on any atom is -0.378 e. The summed E-state index contributed by atoms with van der Waals surface area (Å²) in [4.78, 5) is 2.41. The number of anilines is 1. The quantitative estimate of drug-likeness (QED) is 0.654. The highest BCUT2D eigenvalue weighted by Gasteiger charge is 2.29. The normalized spacial score (nSPS) is 17.0. The number of ether oxygens (including phenoxy) is 1. The molecule has 2 heterocycles. The molecule has 1 fully saturated rings. The number of aromatic nitrogens is 1. The Morgan fingerprint density at radius 1 is 1.04 bits per heavy atom. The maximum Gasteiger partial charge on any atom is 0.132 e. The molecule has 1 saturated heterocycles. The van der Waals surface area contributed by atoms with Gasteiger partial charge in [-0.05, 0) is 62.6 Å². The van der Waals surface area contributed by atoms with Gasteiger partial charge in [0.25, 0.3) is 0 Å². The average molecular weight is 352 g/mol. The molecule has 1 aromatic heterocycles. The molecule has 0 aliphatic carbocycles. The van der Waals surface area contributed by atoms with Gasteiger partial charge in [-0.2, -0.15) is 0 Å². The molecule has 2 aromatic carbocycles. The fraction of sp³-hybridized carbons (Fsp3) is 0.364. The summed E-state index contributed by atoms with van der Waals surface area (Å²) in [7, 11) is 1.80. The smallest absolute Gasteiger partial charge is 0.132 e. The summed E-state index contributed by atoms with van der Waals surface area (Å²) in [5.74, 6) is -0.171. The lowest BCUT2D eigenvalue weighted by atomic mass is 9.93. The first-order valence-electron chi connectivity index (χ1n) is 9.17. The number of rotatable bonds is 3. The molecule has 3 nitrogen and oxygen atoms in total. The Kier molecular flexibility index (Phi) is 4.23. The van der Waals surface area contributed by atoms with E-state index in [-0.39, 0.29) is 11.4 Å². The largest absolute Gasteiger partial charge is 0.378 e. The molecule has 0 bridgehead atoms. The molecular weight excluding hydrogens is 327 g/mol. The zero-order chi connectivity index (χ0) is 18.3. The van der Waals surface area contributed by atoms with Crippen molar-refractivity contribution in [2.45, 2.75) is 32.3 Å². The maximum absolute atomic E-state index is 14.1. The molecule has 26 heavy (non-hydrogen) atoms. The van der Waals surface area contributed by atoms with Crippen LogP contribution in [-0.2, 0) is 4.74 Å². The molecule has 0 amide bonds. The van der Waals surface area contributed by atoms with Crippen molar-refractivity contribution < 1.29 is 9.13 Å². The minimum atomic E-state index is -0.171. The van der Waals surface area contributed by atoms with Crippen LogP contribution in [0.3, 0.4) is 0 Å². The van der Waals surface area contributed by atoms with Gasteiger partial charge in [0.15, 0.2) is 0 Å².